The van der Waals surface area contributed by atoms with Gasteiger partial charge in [0, 0.05) is 36.8 Å². The SMILES string of the molecule is O=C(c1n[nH]c(C2CC2)n1)N1CCCC(c2ccn[nH]2)C1. The average Bonchev–Trinajstić information content (AvgIpc) is 3.05. The summed E-state index contributed by atoms with van der Waals surface area (Å²) in [5, 5.41) is 14.0. The van der Waals surface area contributed by atoms with Crippen LogP contribution in [0.5, 0.6) is 0 Å². The van der Waals surface area contributed by atoms with Gasteiger partial charge in [-0.2, -0.15) is 5.10 Å². The lowest BCUT2D eigenvalue weighted by Crippen LogP contribution is -2.39. The normalized spacial score (nSPS) is 22.5. The van der Waals surface area contributed by atoms with Crippen LogP contribution < -0.4 is 0 Å². The van der Waals surface area contributed by atoms with E-state index in [0.29, 0.717) is 24.2 Å². The van der Waals surface area contributed by atoms with Gasteiger partial charge in [0.2, 0.25) is 5.82 Å². The quantitative estimate of drug-likeness (QED) is 0.893. The molecule has 1 saturated carbocycles. The molecule has 0 aromatic carbocycles. The summed E-state index contributed by atoms with van der Waals surface area (Å²) < 4.78 is 0. The summed E-state index contributed by atoms with van der Waals surface area (Å²) in [6, 6.07) is 1.98. The molecule has 1 unspecified atom stereocenters. The zero-order chi connectivity index (χ0) is 14.2. The number of hydrogen-bond donors (Lipinski definition) is 2. The number of carbonyl (C=O) groups is 1. The maximum absolute atomic E-state index is 12.5. The highest BCUT2D eigenvalue weighted by molar-refractivity contribution is 5.90. The van der Waals surface area contributed by atoms with E-state index < -0.39 is 0 Å². The van der Waals surface area contributed by atoms with Crippen LogP contribution in [-0.2, 0) is 0 Å². The number of piperidine rings is 1. The Balaban J connectivity index is 1.47. The summed E-state index contributed by atoms with van der Waals surface area (Å²) >= 11 is 0. The van der Waals surface area contributed by atoms with Crippen LogP contribution in [0.4, 0.5) is 0 Å². The second kappa shape index (κ2) is 4.98. The van der Waals surface area contributed by atoms with Crippen molar-refractivity contribution in [2.45, 2.75) is 37.5 Å². The van der Waals surface area contributed by atoms with Crippen LogP contribution in [0.3, 0.4) is 0 Å². The number of rotatable bonds is 3. The molecular formula is C14H18N6O. The molecule has 4 rings (SSSR count). The highest BCUT2D eigenvalue weighted by atomic mass is 16.2. The minimum atomic E-state index is -0.0673. The van der Waals surface area contributed by atoms with Gasteiger partial charge in [0.25, 0.3) is 5.91 Å². The lowest BCUT2D eigenvalue weighted by atomic mass is 9.95. The lowest BCUT2D eigenvalue weighted by molar-refractivity contribution is 0.0694. The zero-order valence-electron chi connectivity index (χ0n) is 11.7. The molecule has 7 nitrogen and oxygen atoms in total. The van der Waals surface area contributed by atoms with E-state index in [1.165, 1.54) is 0 Å². The minimum absolute atomic E-state index is 0.0673. The molecular weight excluding hydrogens is 268 g/mol. The van der Waals surface area contributed by atoms with Crippen LogP contribution in [0.15, 0.2) is 12.3 Å². The highest BCUT2D eigenvalue weighted by Gasteiger charge is 2.31. The van der Waals surface area contributed by atoms with Crippen molar-refractivity contribution in [3.8, 4) is 0 Å². The molecule has 0 spiro atoms. The second-order valence-electron chi connectivity index (χ2n) is 5.92. The number of nitrogens with one attached hydrogen (secondary N) is 2. The van der Waals surface area contributed by atoms with Crippen molar-refractivity contribution in [2.24, 2.45) is 0 Å². The largest absolute Gasteiger partial charge is 0.335 e. The Bertz CT molecular complexity index is 630. The summed E-state index contributed by atoms with van der Waals surface area (Å²) in [5.74, 6) is 1.91. The van der Waals surface area contributed by atoms with Gasteiger partial charge in [0.1, 0.15) is 5.82 Å². The maximum Gasteiger partial charge on any atom is 0.293 e. The van der Waals surface area contributed by atoms with E-state index in [1.807, 2.05) is 11.0 Å². The number of nitrogens with zero attached hydrogens (tertiary/aromatic N) is 4. The van der Waals surface area contributed by atoms with Crippen molar-refractivity contribution >= 4 is 5.91 Å². The van der Waals surface area contributed by atoms with Gasteiger partial charge in [-0.05, 0) is 31.7 Å². The van der Waals surface area contributed by atoms with E-state index in [2.05, 4.69) is 25.4 Å². The zero-order valence-corrected chi connectivity index (χ0v) is 11.7. The molecule has 0 bridgehead atoms. The molecule has 1 atom stereocenters. The van der Waals surface area contributed by atoms with Crippen LogP contribution >= 0.6 is 0 Å². The molecule has 21 heavy (non-hydrogen) atoms. The van der Waals surface area contributed by atoms with Crippen molar-refractivity contribution in [1.29, 1.82) is 0 Å². The second-order valence-corrected chi connectivity index (χ2v) is 5.92. The van der Waals surface area contributed by atoms with Crippen molar-refractivity contribution in [1.82, 2.24) is 30.3 Å². The standard InChI is InChI=1S/C14H18N6O/c21-14(13-16-12(18-19-13)9-3-4-9)20-7-1-2-10(8-20)11-5-6-15-17-11/h5-6,9-10H,1-4,7-8H2,(H,15,17)(H,16,18,19). The first-order valence-electron chi connectivity index (χ1n) is 7.52. The van der Waals surface area contributed by atoms with E-state index in [-0.39, 0.29) is 5.91 Å². The van der Waals surface area contributed by atoms with Gasteiger partial charge in [0.15, 0.2) is 0 Å². The Morgan fingerprint density at radius 3 is 2.90 bits per heavy atom. The predicted molar refractivity (Wildman–Crippen MR) is 74.8 cm³/mol. The summed E-state index contributed by atoms with van der Waals surface area (Å²) in [6.45, 7) is 1.48. The molecule has 2 aromatic heterocycles. The van der Waals surface area contributed by atoms with E-state index in [1.54, 1.807) is 6.20 Å². The van der Waals surface area contributed by atoms with Crippen molar-refractivity contribution in [2.75, 3.05) is 13.1 Å². The van der Waals surface area contributed by atoms with Gasteiger partial charge in [0.05, 0.1) is 0 Å². The van der Waals surface area contributed by atoms with Crippen LogP contribution in [-0.4, -0.2) is 49.3 Å². The number of amides is 1. The average molecular weight is 286 g/mol. The monoisotopic (exact) mass is 286 g/mol. The molecule has 1 aliphatic heterocycles. The molecule has 1 saturated heterocycles. The fourth-order valence-corrected chi connectivity index (χ4v) is 2.96. The van der Waals surface area contributed by atoms with Crippen LogP contribution in [0.25, 0.3) is 0 Å². The smallest absolute Gasteiger partial charge is 0.293 e. The highest BCUT2D eigenvalue weighted by Crippen LogP contribution is 2.37. The van der Waals surface area contributed by atoms with E-state index in [4.69, 9.17) is 0 Å². The van der Waals surface area contributed by atoms with Gasteiger partial charge < -0.3 is 4.90 Å². The Morgan fingerprint density at radius 1 is 1.24 bits per heavy atom. The van der Waals surface area contributed by atoms with Gasteiger partial charge in [-0.15, -0.1) is 5.10 Å². The predicted octanol–water partition coefficient (Wildman–Crippen LogP) is 1.42. The molecule has 1 amide bonds. The Hall–Kier alpha value is -2.18. The molecule has 1 aliphatic carbocycles. The molecule has 7 heteroatoms. The summed E-state index contributed by atoms with van der Waals surface area (Å²) in [7, 11) is 0. The molecule has 0 radical (unpaired) electrons. The molecule has 2 fully saturated rings. The van der Waals surface area contributed by atoms with Gasteiger partial charge in [-0.1, -0.05) is 0 Å². The molecule has 2 aliphatic rings. The molecule has 3 heterocycles. The van der Waals surface area contributed by atoms with Crippen LogP contribution in [0.1, 0.15) is 59.7 Å². The maximum atomic E-state index is 12.5. The molecule has 110 valence electrons. The number of aromatic nitrogens is 5. The summed E-state index contributed by atoms with van der Waals surface area (Å²) in [6.07, 6.45) is 6.12. The van der Waals surface area contributed by atoms with E-state index >= 15 is 0 Å². The van der Waals surface area contributed by atoms with Crippen molar-refractivity contribution < 1.29 is 4.79 Å². The van der Waals surface area contributed by atoms with Gasteiger partial charge >= 0.3 is 0 Å². The fourth-order valence-electron chi connectivity index (χ4n) is 2.96. The number of likely N-dealkylation sites (tertiary alicyclic amines) is 1. The Kier molecular flexibility index (Phi) is 2.98. The van der Waals surface area contributed by atoms with Gasteiger partial charge in [-0.25, -0.2) is 4.98 Å². The number of H-pyrrole nitrogens is 2. The third-order valence-electron chi connectivity index (χ3n) is 4.33. The summed E-state index contributed by atoms with van der Waals surface area (Å²) in [5.41, 5.74) is 1.10. The van der Waals surface area contributed by atoms with E-state index in [0.717, 1.165) is 43.7 Å². The first kappa shape index (κ1) is 12.6. The number of aromatic amines is 2. The number of carbonyl (C=O) groups excluding carboxylic acids is 1. The van der Waals surface area contributed by atoms with Crippen LogP contribution in [0, 0.1) is 0 Å². The molecule has 2 N–H and O–H groups in total. The third-order valence-corrected chi connectivity index (χ3v) is 4.33. The Labute approximate surface area is 122 Å². The topological polar surface area (TPSA) is 90.6 Å². The minimum Gasteiger partial charge on any atom is -0.335 e. The van der Waals surface area contributed by atoms with E-state index in [9.17, 15) is 4.79 Å². The summed E-state index contributed by atoms with van der Waals surface area (Å²) in [4.78, 5) is 18.7. The Morgan fingerprint density at radius 2 is 2.14 bits per heavy atom. The van der Waals surface area contributed by atoms with Crippen molar-refractivity contribution in [3.63, 3.8) is 0 Å². The van der Waals surface area contributed by atoms with Gasteiger partial charge in [-0.3, -0.25) is 15.0 Å². The van der Waals surface area contributed by atoms with Crippen LogP contribution in [0.2, 0.25) is 0 Å². The fraction of sp³-hybridized carbons (Fsp3) is 0.571. The first-order valence-corrected chi connectivity index (χ1v) is 7.52. The lowest BCUT2D eigenvalue weighted by Gasteiger charge is -2.31. The van der Waals surface area contributed by atoms with Crippen molar-refractivity contribution in [3.05, 3.63) is 29.6 Å². The molecule has 2 aromatic rings. The number of hydrogen-bond acceptors (Lipinski definition) is 4. The first-order chi connectivity index (χ1) is 10.3. The third kappa shape index (κ3) is 2.43.